The molecule has 78 valence electrons. The number of alkyl halides is 2. The summed E-state index contributed by atoms with van der Waals surface area (Å²) in [5.41, 5.74) is 0. The Morgan fingerprint density at radius 3 is 2.64 bits per heavy atom. The second-order valence-electron chi connectivity index (χ2n) is 2.91. The number of benzene rings is 1. The van der Waals surface area contributed by atoms with E-state index in [4.69, 9.17) is 16.3 Å². The summed E-state index contributed by atoms with van der Waals surface area (Å²) in [4.78, 5) is 0. The van der Waals surface area contributed by atoms with Gasteiger partial charge in [0.2, 0.25) is 0 Å². The summed E-state index contributed by atoms with van der Waals surface area (Å²) in [6, 6.07) is 4.95. The number of ether oxygens (including phenoxy) is 1. The van der Waals surface area contributed by atoms with Crippen LogP contribution in [0.1, 0.15) is 6.92 Å². The Morgan fingerprint density at radius 2 is 2.14 bits per heavy atom. The van der Waals surface area contributed by atoms with Crippen LogP contribution in [0, 0.1) is 0 Å². The van der Waals surface area contributed by atoms with E-state index in [1.807, 2.05) is 0 Å². The van der Waals surface area contributed by atoms with Gasteiger partial charge in [0.25, 0.3) is 5.92 Å². The van der Waals surface area contributed by atoms with Gasteiger partial charge in [0.05, 0.1) is 9.50 Å². The molecule has 0 N–H and O–H groups in total. The van der Waals surface area contributed by atoms with Crippen molar-refractivity contribution < 1.29 is 13.5 Å². The zero-order valence-electron chi connectivity index (χ0n) is 7.36. The first kappa shape index (κ1) is 11.7. The Balaban J connectivity index is 2.77. The maximum atomic E-state index is 12.5. The lowest BCUT2D eigenvalue weighted by atomic mass is 10.3. The van der Waals surface area contributed by atoms with Crippen molar-refractivity contribution in [3.05, 3.63) is 27.7 Å². The lowest BCUT2D eigenvalue weighted by Crippen LogP contribution is -2.21. The Morgan fingerprint density at radius 1 is 1.50 bits per heavy atom. The normalized spacial score (nSPS) is 11.5. The monoisotopic (exact) mass is 284 g/mol. The van der Waals surface area contributed by atoms with Crippen LogP contribution in [-0.4, -0.2) is 12.5 Å². The molecule has 5 heteroatoms. The van der Waals surface area contributed by atoms with Gasteiger partial charge in [0, 0.05) is 6.92 Å². The van der Waals surface area contributed by atoms with E-state index < -0.39 is 12.5 Å². The van der Waals surface area contributed by atoms with Crippen molar-refractivity contribution in [1.29, 1.82) is 0 Å². The van der Waals surface area contributed by atoms with Gasteiger partial charge in [-0.05, 0) is 28.1 Å². The standard InChI is InChI=1S/C9H8BrClF2O/c1-9(12,13)5-14-8-6(10)3-2-4-7(8)11/h2-4H,5H2,1H3. The second kappa shape index (κ2) is 4.45. The summed E-state index contributed by atoms with van der Waals surface area (Å²) >= 11 is 8.92. The van der Waals surface area contributed by atoms with Crippen molar-refractivity contribution in [2.45, 2.75) is 12.8 Å². The Bertz CT molecular complexity index is 305. The Labute approximate surface area is 94.1 Å². The number of hydrogen-bond donors (Lipinski definition) is 0. The first-order valence-electron chi connectivity index (χ1n) is 3.85. The summed E-state index contributed by atoms with van der Waals surface area (Å²) < 4.78 is 30.4. The maximum absolute atomic E-state index is 12.5. The molecule has 1 nitrogen and oxygen atoms in total. The number of para-hydroxylation sites is 1. The molecule has 0 spiro atoms. The molecule has 0 aliphatic carbocycles. The molecule has 0 saturated heterocycles. The first-order valence-corrected chi connectivity index (χ1v) is 5.02. The molecule has 0 aromatic heterocycles. The van der Waals surface area contributed by atoms with Crippen molar-refractivity contribution in [3.63, 3.8) is 0 Å². The summed E-state index contributed by atoms with van der Waals surface area (Å²) in [5, 5.41) is 0.309. The molecule has 14 heavy (non-hydrogen) atoms. The van der Waals surface area contributed by atoms with Crippen LogP contribution in [0.25, 0.3) is 0 Å². The van der Waals surface area contributed by atoms with Gasteiger partial charge in [-0.1, -0.05) is 17.7 Å². The van der Waals surface area contributed by atoms with Gasteiger partial charge in [-0.25, -0.2) is 8.78 Å². The third kappa shape index (κ3) is 3.42. The molecule has 1 aromatic carbocycles. The van der Waals surface area contributed by atoms with E-state index in [2.05, 4.69) is 15.9 Å². The summed E-state index contributed by atoms with van der Waals surface area (Å²) in [6.07, 6.45) is 0. The van der Waals surface area contributed by atoms with E-state index in [-0.39, 0.29) is 5.75 Å². The van der Waals surface area contributed by atoms with Gasteiger partial charge in [-0.3, -0.25) is 0 Å². The van der Waals surface area contributed by atoms with Gasteiger partial charge in [0.15, 0.2) is 12.4 Å². The lowest BCUT2D eigenvalue weighted by molar-refractivity contribution is -0.0231. The SMILES string of the molecule is CC(F)(F)COc1c(Cl)cccc1Br. The number of hydrogen-bond acceptors (Lipinski definition) is 1. The van der Waals surface area contributed by atoms with E-state index in [1.165, 1.54) is 0 Å². The highest BCUT2D eigenvalue weighted by Gasteiger charge is 2.23. The van der Waals surface area contributed by atoms with Crippen LogP contribution < -0.4 is 4.74 Å². The van der Waals surface area contributed by atoms with Crippen LogP contribution in [0.4, 0.5) is 8.78 Å². The van der Waals surface area contributed by atoms with Crippen LogP contribution in [0.2, 0.25) is 5.02 Å². The minimum atomic E-state index is -2.86. The van der Waals surface area contributed by atoms with Gasteiger partial charge < -0.3 is 4.74 Å². The van der Waals surface area contributed by atoms with E-state index in [9.17, 15) is 8.78 Å². The summed E-state index contributed by atoms with van der Waals surface area (Å²) in [5.74, 6) is -2.62. The van der Waals surface area contributed by atoms with Gasteiger partial charge in [-0.2, -0.15) is 0 Å². The molecule has 0 radical (unpaired) electrons. The fourth-order valence-electron chi connectivity index (χ4n) is 0.819. The largest absolute Gasteiger partial charge is 0.485 e. The lowest BCUT2D eigenvalue weighted by Gasteiger charge is -2.13. The minimum absolute atomic E-state index is 0.246. The van der Waals surface area contributed by atoms with Crippen molar-refractivity contribution in [1.82, 2.24) is 0 Å². The number of halogens is 4. The van der Waals surface area contributed by atoms with E-state index in [1.54, 1.807) is 18.2 Å². The number of rotatable bonds is 3. The molecule has 0 heterocycles. The Hall–Kier alpha value is -0.350. The fraction of sp³-hybridized carbons (Fsp3) is 0.333. The highest BCUT2D eigenvalue weighted by Crippen LogP contribution is 2.33. The van der Waals surface area contributed by atoms with E-state index in [0.29, 0.717) is 9.50 Å². The molecule has 0 aliphatic rings. The van der Waals surface area contributed by atoms with E-state index >= 15 is 0 Å². The maximum Gasteiger partial charge on any atom is 0.278 e. The van der Waals surface area contributed by atoms with Gasteiger partial charge >= 0.3 is 0 Å². The molecule has 0 unspecified atom stereocenters. The van der Waals surface area contributed by atoms with Gasteiger partial charge in [-0.15, -0.1) is 0 Å². The second-order valence-corrected chi connectivity index (χ2v) is 4.17. The zero-order valence-corrected chi connectivity index (χ0v) is 9.70. The smallest absolute Gasteiger partial charge is 0.278 e. The zero-order chi connectivity index (χ0) is 10.8. The molecular formula is C9H8BrClF2O. The topological polar surface area (TPSA) is 9.23 Å². The van der Waals surface area contributed by atoms with Gasteiger partial charge in [0.1, 0.15) is 0 Å². The molecule has 0 amide bonds. The summed E-state index contributed by atoms with van der Waals surface area (Å²) in [6.45, 7) is 0.104. The summed E-state index contributed by atoms with van der Waals surface area (Å²) in [7, 11) is 0. The quantitative estimate of drug-likeness (QED) is 0.811. The van der Waals surface area contributed by atoms with Crippen LogP contribution in [0.15, 0.2) is 22.7 Å². The third-order valence-corrected chi connectivity index (χ3v) is 2.31. The third-order valence-electron chi connectivity index (χ3n) is 1.39. The predicted octanol–water partition coefficient (Wildman–Crippen LogP) is 4.14. The van der Waals surface area contributed by atoms with Crippen LogP contribution in [0.3, 0.4) is 0 Å². The van der Waals surface area contributed by atoms with Crippen LogP contribution in [0.5, 0.6) is 5.75 Å². The minimum Gasteiger partial charge on any atom is -0.485 e. The molecule has 0 saturated carbocycles. The average molecular weight is 286 g/mol. The predicted molar refractivity (Wildman–Crippen MR) is 55.3 cm³/mol. The molecule has 0 fully saturated rings. The van der Waals surface area contributed by atoms with E-state index in [0.717, 1.165) is 6.92 Å². The molecule has 0 atom stereocenters. The Kier molecular flexibility index (Phi) is 3.72. The van der Waals surface area contributed by atoms with Crippen LogP contribution >= 0.6 is 27.5 Å². The molecule has 0 aliphatic heterocycles. The first-order chi connectivity index (χ1) is 6.40. The fourth-order valence-corrected chi connectivity index (χ4v) is 1.64. The molecular weight excluding hydrogens is 277 g/mol. The average Bonchev–Trinajstić information content (AvgIpc) is 2.01. The molecule has 1 aromatic rings. The van der Waals surface area contributed by atoms with Crippen molar-refractivity contribution in [2.75, 3.05) is 6.61 Å². The molecule has 1 rings (SSSR count). The van der Waals surface area contributed by atoms with Crippen molar-refractivity contribution >= 4 is 27.5 Å². The van der Waals surface area contributed by atoms with Crippen LogP contribution in [-0.2, 0) is 0 Å². The highest BCUT2D eigenvalue weighted by molar-refractivity contribution is 9.10. The van der Waals surface area contributed by atoms with Crippen molar-refractivity contribution in [2.24, 2.45) is 0 Å². The van der Waals surface area contributed by atoms with Crippen molar-refractivity contribution in [3.8, 4) is 5.75 Å². The molecule has 0 bridgehead atoms. The highest BCUT2D eigenvalue weighted by atomic mass is 79.9.